The molecule has 1 unspecified atom stereocenters. The van der Waals surface area contributed by atoms with E-state index in [2.05, 4.69) is 6.92 Å². The Morgan fingerprint density at radius 1 is 1.14 bits per heavy atom. The van der Waals surface area contributed by atoms with Gasteiger partial charge in [0, 0.05) is 11.1 Å². The second kappa shape index (κ2) is 10.3. The monoisotopic (exact) mass is 499 g/mol. The molecule has 9 heteroatoms. The standard InChI is InChI=1S/C26H33N3O5S/c1-16-19-10-12-26(2,34-22(19)24(32-4)23(31-3)21(16)30)11-5-13-33-18-8-6-17(7-9-18)14-29-20(27)15-35-25(29)28/h6-9,27-28,30H,5,10-15H2,1-4H3. The molecule has 0 radical (unpaired) electrons. The molecule has 1 saturated heterocycles. The molecule has 2 aromatic rings. The highest BCUT2D eigenvalue weighted by Crippen LogP contribution is 2.52. The molecule has 2 aliphatic rings. The highest BCUT2D eigenvalue weighted by atomic mass is 32.2. The molecule has 3 N–H and O–H groups in total. The summed E-state index contributed by atoms with van der Waals surface area (Å²) in [5.74, 6) is 3.34. The third kappa shape index (κ3) is 5.15. The van der Waals surface area contributed by atoms with E-state index in [0.717, 1.165) is 48.1 Å². The minimum atomic E-state index is -0.370. The topological polar surface area (TPSA) is 108 Å². The van der Waals surface area contributed by atoms with Crippen LogP contribution < -0.4 is 18.9 Å². The number of phenolic OH excluding ortho intramolecular Hbond substituents is 1. The van der Waals surface area contributed by atoms with Crippen LogP contribution in [0.4, 0.5) is 0 Å². The maximum absolute atomic E-state index is 10.5. The van der Waals surface area contributed by atoms with Crippen LogP contribution in [0.2, 0.25) is 0 Å². The number of thioether (sulfide) groups is 1. The van der Waals surface area contributed by atoms with Crippen LogP contribution in [-0.4, -0.2) is 53.2 Å². The van der Waals surface area contributed by atoms with Gasteiger partial charge >= 0.3 is 0 Å². The average Bonchev–Trinajstić information content (AvgIpc) is 3.17. The average molecular weight is 500 g/mol. The largest absolute Gasteiger partial charge is 0.504 e. The van der Waals surface area contributed by atoms with Crippen LogP contribution in [0.3, 0.4) is 0 Å². The van der Waals surface area contributed by atoms with Crippen molar-refractivity contribution in [2.75, 3.05) is 26.6 Å². The molecule has 1 fully saturated rings. The van der Waals surface area contributed by atoms with Gasteiger partial charge in [-0.3, -0.25) is 10.8 Å². The number of ether oxygens (including phenoxy) is 4. The van der Waals surface area contributed by atoms with Gasteiger partial charge in [0.1, 0.15) is 17.2 Å². The second-order valence-electron chi connectivity index (χ2n) is 9.12. The zero-order chi connectivity index (χ0) is 25.2. The van der Waals surface area contributed by atoms with Crippen LogP contribution in [0.25, 0.3) is 0 Å². The highest BCUT2D eigenvalue weighted by Gasteiger charge is 2.36. The van der Waals surface area contributed by atoms with E-state index in [0.29, 0.717) is 47.2 Å². The quantitative estimate of drug-likeness (QED) is 0.411. The molecule has 188 valence electrons. The first-order valence-electron chi connectivity index (χ1n) is 11.7. The minimum absolute atomic E-state index is 0.102. The van der Waals surface area contributed by atoms with E-state index in [1.165, 1.54) is 18.9 Å². The molecule has 0 bridgehead atoms. The molecule has 8 nitrogen and oxygen atoms in total. The summed E-state index contributed by atoms with van der Waals surface area (Å²) in [6.45, 7) is 5.08. The van der Waals surface area contributed by atoms with Crippen molar-refractivity contribution in [1.29, 1.82) is 10.8 Å². The number of phenols is 1. The van der Waals surface area contributed by atoms with E-state index in [9.17, 15) is 5.11 Å². The lowest BCUT2D eigenvalue weighted by Crippen LogP contribution is -2.37. The highest BCUT2D eigenvalue weighted by molar-refractivity contribution is 8.14. The van der Waals surface area contributed by atoms with Crippen molar-refractivity contribution in [2.24, 2.45) is 0 Å². The number of benzene rings is 2. The molecular weight excluding hydrogens is 466 g/mol. The SMILES string of the molecule is COc1c(O)c(C)c2c(c1OC)OC(C)(CCCOc1ccc(CN3C(=N)CSC3=N)cc1)CC2. The van der Waals surface area contributed by atoms with Crippen LogP contribution in [-0.2, 0) is 13.0 Å². The molecule has 0 saturated carbocycles. The fourth-order valence-corrected chi connectivity index (χ4v) is 5.33. The number of aromatic hydroxyl groups is 1. The third-order valence-electron chi connectivity index (χ3n) is 6.67. The van der Waals surface area contributed by atoms with Crippen LogP contribution in [0.5, 0.6) is 28.7 Å². The lowest BCUT2D eigenvalue weighted by atomic mass is 9.87. The van der Waals surface area contributed by atoms with Gasteiger partial charge < -0.3 is 29.0 Å². The summed E-state index contributed by atoms with van der Waals surface area (Å²) >= 11 is 1.39. The molecule has 0 spiro atoms. The number of fused-ring (bicyclic) bond motifs is 1. The lowest BCUT2D eigenvalue weighted by molar-refractivity contribution is 0.0461. The second-order valence-corrected chi connectivity index (χ2v) is 10.1. The summed E-state index contributed by atoms with van der Waals surface area (Å²) in [7, 11) is 3.07. The Kier molecular flexibility index (Phi) is 7.35. The van der Waals surface area contributed by atoms with Crippen molar-refractivity contribution < 1.29 is 24.1 Å². The predicted octanol–water partition coefficient (Wildman–Crippen LogP) is 5.12. The number of methoxy groups -OCH3 is 2. The summed E-state index contributed by atoms with van der Waals surface area (Å²) in [6.07, 6.45) is 3.26. The van der Waals surface area contributed by atoms with Gasteiger partial charge in [-0.25, -0.2) is 0 Å². The number of hydrogen-bond donors (Lipinski definition) is 3. The summed E-state index contributed by atoms with van der Waals surface area (Å²) in [5, 5.41) is 26.8. The molecule has 0 aliphatic carbocycles. The van der Waals surface area contributed by atoms with E-state index in [1.54, 1.807) is 12.0 Å². The Morgan fingerprint density at radius 3 is 2.49 bits per heavy atom. The Morgan fingerprint density at radius 2 is 1.86 bits per heavy atom. The zero-order valence-corrected chi connectivity index (χ0v) is 21.5. The molecule has 1 atom stereocenters. The van der Waals surface area contributed by atoms with Gasteiger partial charge in [0.2, 0.25) is 11.5 Å². The molecule has 0 amide bonds. The number of nitrogens with one attached hydrogen (secondary N) is 2. The molecule has 2 aromatic carbocycles. The zero-order valence-electron chi connectivity index (χ0n) is 20.7. The molecule has 4 rings (SSSR count). The van der Waals surface area contributed by atoms with Gasteiger partial charge in [0.15, 0.2) is 16.7 Å². The van der Waals surface area contributed by atoms with Crippen molar-refractivity contribution in [1.82, 2.24) is 4.90 Å². The predicted molar refractivity (Wildman–Crippen MR) is 138 cm³/mol. The summed E-state index contributed by atoms with van der Waals surface area (Å²) in [6, 6.07) is 7.85. The van der Waals surface area contributed by atoms with E-state index >= 15 is 0 Å². The van der Waals surface area contributed by atoms with Crippen LogP contribution in [0, 0.1) is 17.7 Å². The molecular formula is C26H33N3O5S. The number of rotatable bonds is 9. The van der Waals surface area contributed by atoms with E-state index < -0.39 is 0 Å². The van der Waals surface area contributed by atoms with Crippen molar-refractivity contribution in [2.45, 2.75) is 51.7 Å². The minimum Gasteiger partial charge on any atom is -0.504 e. The van der Waals surface area contributed by atoms with Crippen molar-refractivity contribution in [3.63, 3.8) is 0 Å². The van der Waals surface area contributed by atoms with E-state index in [4.69, 9.17) is 29.8 Å². The van der Waals surface area contributed by atoms with E-state index in [1.807, 2.05) is 31.2 Å². The molecule has 2 aliphatic heterocycles. The Balaban J connectivity index is 1.32. The first kappa shape index (κ1) is 25.0. The van der Waals surface area contributed by atoms with Gasteiger partial charge in [-0.1, -0.05) is 23.9 Å². The Bertz CT molecular complexity index is 1110. The first-order chi connectivity index (χ1) is 16.8. The number of hydrogen-bond acceptors (Lipinski definition) is 8. The Labute approximate surface area is 210 Å². The maximum Gasteiger partial charge on any atom is 0.207 e. The summed E-state index contributed by atoms with van der Waals surface area (Å²) in [5.41, 5.74) is 2.40. The van der Waals surface area contributed by atoms with Gasteiger partial charge in [-0.2, -0.15) is 0 Å². The van der Waals surface area contributed by atoms with E-state index in [-0.39, 0.29) is 11.4 Å². The first-order valence-corrected chi connectivity index (χ1v) is 12.7. The molecule has 2 heterocycles. The van der Waals surface area contributed by atoms with Crippen molar-refractivity contribution in [3.8, 4) is 28.7 Å². The van der Waals surface area contributed by atoms with Crippen molar-refractivity contribution in [3.05, 3.63) is 41.0 Å². The normalized spacial score (nSPS) is 19.4. The van der Waals surface area contributed by atoms with Crippen LogP contribution in [0.1, 0.15) is 42.9 Å². The lowest BCUT2D eigenvalue weighted by Gasteiger charge is -2.37. The van der Waals surface area contributed by atoms with Crippen LogP contribution >= 0.6 is 11.8 Å². The third-order valence-corrected chi connectivity index (χ3v) is 7.58. The van der Waals surface area contributed by atoms with Crippen molar-refractivity contribution >= 4 is 22.8 Å². The fraction of sp³-hybridized carbons (Fsp3) is 0.462. The van der Waals surface area contributed by atoms with Gasteiger partial charge in [0.05, 0.1) is 33.1 Å². The number of amidine groups is 2. The van der Waals surface area contributed by atoms with Gasteiger partial charge in [0.25, 0.3) is 0 Å². The fourth-order valence-electron chi connectivity index (χ4n) is 4.57. The summed E-state index contributed by atoms with van der Waals surface area (Å²) in [4.78, 5) is 1.72. The van der Waals surface area contributed by atoms with Gasteiger partial charge in [-0.15, -0.1) is 0 Å². The number of nitrogens with zero attached hydrogens (tertiary/aromatic N) is 1. The van der Waals surface area contributed by atoms with Crippen LogP contribution in [0.15, 0.2) is 24.3 Å². The summed E-state index contributed by atoms with van der Waals surface area (Å²) < 4.78 is 23.3. The molecule has 35 heavy (non-hydrogen) atoms. The Hall–Kier alpha value is -3.07. The maximum atomic E-state index is 10.5. The smallest absolute Gasteiger partial charge is 0.207 e. The molecule has 0 aromatic heterocycles. The van der Waals surface area contributed by atoms with Gasteiger partial charge in [-0.05, 0) is 57.2 Å².